The first kappa shape index (κ1) is 15.9. The summed E-state index contributed by atoms with van der Waals surface area (Å²) in [6, 6.07) is 0. The van der Waals surface area contributed by atoms with Gasteiger partial charge in [0, 0.05) is 0 Å². The van der Waals surface area contributed by atoms with E-state index in [2.05, 4.69) is 54.9 Å². The van der Waals surface area contributed by atoms with Crippen molar-refractivity contribution in [2.45, 2.75) is 58.3 Å². The van der Waals surface area contributed by atoms with Crippen LogP contribution in [0.3, 0.4) is 0 Å². The van der Waals surface area contributed by atoms with E-state index in [0.717, 1.165) is 0 Å². The van der Waals surface area contributed by atoms with Gasteiger partial charge in [-0.15, -0.1) is 15.8 Å². The summed E-state index contributed by atoms with van der Waals surface area (Å²) in [6.07, 6.45) is 4.36. The van der Waals surface area contributed by atoms with Gasteiger partial charge < -0.3 is 0 Å². The van der Waals surface area contributed by atoms with E-state index in [1.165, 1.54) is 18.7 Å². The van der Waals surface area contributed by atoms with Gasteiger partial charge in [-0.2, -0.15) is 0 Å². The van der Waals surface area contributed by atoms with E-state index in [-0.39, 0.29) is 15.8 Å². The van der Waals surface area contributed by atoms with Crippen LogP contribution >= 0.6 is 15.8 Å². The van der Waals surface area contributed by atoms with Gasteiger partial charge in [0.05, 0.1) is 0 Å². The number of hydrogen-bond donors (Lipinski definition) is 0. The Morgan fingerprint density at radius 2 is 0.933 bits per heavy atom. The lowest BCUT2D eigenvalue weighted by atomic mass is 10.3. The normalized spacial score (nSPS) is 17.6. The summed E-state index contributed by atoms with van der Waals surface area (Å²) in [5.41, 5.74) is 0. The molecule has 0 aliphatic rings. The van der Waals surface area contributed by atoms with Gasteiger partial charge in [-0.1, -0.05) is 41.5 Å². The molecule has 0 N–H and O–H groups in total. The average molecular weight is 248 g/mol. The van der Waals surface area contributed by atoms with Crippen LogP contribution < -0.4 is 0 Å². The van der Waals surface area contributed by atoms with Crippen molar-refractivity contribution in [3.05, 3.63) is 0 Å². The second-order valence-electron chi connectivity index (χ2n) is 6.54. The second kappa shape index (κ2) is 5.97. The zero-order valence-corrected chi connectivity index (χ0v) is 13.8. The predicted octanol–water partition coefficient (Wildman–Crippen LogP) is 5.20. The molecular formula is C13H30P2. The third-order valence-electron chi connectivity index (χ3n) is 3.28. The van der Waals surface area contributed by atoms with E-state index in [9.17, 15) is 0 Å². The molecule has 0 fully saturated rings. The summed E-state index contributed by atoms with van der Waals surface area (Å²) in [6.45, 7) is 19.2. The fourth-order valence-electron chi connectivity index (χ4n) is 1.22. The Labute approximate surface area is 100 Å². The first-order chi connectivity index (χ1) is 6.55. The third kappa shape index (κ3) is 6.91. The van der Waals surface area contributed by atoms with E-state index in [1.54, 1.807) is 0 Å². The van der Waals surface area contributed by atoms with Gasteiger partial charge >= 0.3 is 0 Å². The zero-order valence-electron chi connectivity index (χ0n) is 12.0. The molecule has 2 unspecified atom stereocenters. The summed E-state index contributed by atoms with van der Waals surface area (Å²) in [7, 11) is 0.444. The highest BCUT2D eigenvalue weighted by molar-refractivity contribution is 7.59. The minimum Gasteiger partial charge on any atom is -0.104 e. The molecular weight excluding hydrogens is 218 g/mol. The van der Waals surface area contributed by atoms with Crippen molar-refractivity contribution in [3.63, 3.8) is 0 Å². The molecule has 0 radical (unpaired) electrons. The van der Waals surface area contributed by atoms with Gasteiger partial charge in [0.1, 0.15) is 0 Å². The highest BCUT2D eigenvalue weighted by atomic mass is 31.1. The minimum atomic E-state index is 0.222. The number of rotatable bonds is 4. The van der Waals surface area contributed by atoms with Crippen molar-refractivity contribution >= 4 is 15.8 Å². The predicted molar refractivity (Wildman–Crippen MR) is 79.5 cm³/mol. The van der Waals surface area contributed by atoms with Crippen LogP contribution in [0, 0.1) is 0 Å². The maximum absolute atomic E-state index is 2.46. The molecule has 0 aliphatic heterocycles. The first-order valence-corrected chi connectivity index (χ1v) is 9.92. The van der Waals surface area contributed by atoms with Crippen LogP contribution in [0.25, 0.3) is 0 Å². The Bertz CT molecular complexity index is 154. The summed E-state index contributed by atoms with van der Waals surface area (Å²) < 4.78 is 0. The lowest BCUT2D eigenvalue weighted by molar-refractivity contribution is 0.774. The van der Waals surface area contributed by atoms with E-state index in [1.807, 2.05) is 0 Å². The largest absolute Gasteiger partial charge is 0.104 e. The van der Waals surface area contributed by atoms with Gasteiger partial charge in [-0.3, -0.25) is 0 Å². The van der Waals surface area contributed by atoms with Crippen molar-refractivity contribution in [1.29, 1.82) is 0 Å². The van der Waals surface area contributed by atoms with Crippen LogP contribution in [0.1, 0.15) is 48.0 Å². The van der Waals surface area contributed by atoms with Gasteiger partial charge in [0.2, 0.25) is 0 Å². The Balaban J connectivity index is 3.81. The van der Waals surface area contributed by atoms with Crippen molar-refractivity contribution < 1.29 is 0 Å². The fraction of sp³-hybridized carbons (Fsp3) is 1.00. The van der Waals surface area contributed by atoms with Crippen molar-refractivity contribution in [2.24, 2.45) is 0 Å². The van der Waals surface area contributed by atoms with Crippen molar-refractivity contribution in [1.82, 2.24) is 0 Å². The Hall–Kier alpha value is 0.860. The smallest absolute Gasteiger partial charge is 0.0182 e. The SMILES string of the molecule is CP(CCCP(C)C(C)(C)C)C(C)(C)C. The molecule has 0 heterocycles. The fourth-order valence-corrected chi connectivity index (χ4v) is 4.07. The van der Waals surface area contributed by atoms with Crippen LogP contribution in [0.4, 0.5) is 0 Å². The van der Waals surface area contributed by atoms with Crippen molar-refractivity contribution in [2.75, 3.05) is 25.7 Å². The maximum atomic E-state index is 2.46. The second-order valence-corrected chi connectivity index (χ2v) is 12.9. The standard InChI is InChI=1S/C13H30P2/c1-12(2,3)14(7)10-9-11-15(8)13(4,5)6/h9-11H2,1-8H3. The minimum absolute atomic E-state index is 0.222. The Kier molecular flexibility index (Phi) is 6.32. The van der Waals surface area contributed by atoms with Crippen molar-refractivity contribution in [3.8, 4) is 0 Å². The van der Waals surface area contributed by atoms with E-state index in [0.29, 0.717) is 10.3 Å². The van der Waals surface area contributed by atoms with Crippen LogP contribution in [0.5, 0.6) is 0 Å². The Morgan fingerprint density at radius 3 is 1.13 bits per heavy atom. The molecule has 0 aromatic rings. The highest BCUT2D eigenvalue weighted by Gasteiger charge is 2.21. The molecule has 0 amide bonds. The van der Waals surface area contributed by atoms with E-state index < -0.39 is 0 Å². The molecule has 15 heavy (non-hydrogen) atoms. The lowest BCUT2D eigenvalue weighted by Crippen LogP contribution is -2.15. The first-order valence-electron chi connectivity index (χ1n) is 5.97. The third-order valence-corrected chi connectivity index (χ3v) is 9.83. The molecule has 0 aliphatic carbocycles. The molecule has 0 aromatic heterocycles. The lowest BCUT2D eigenvalue weighted by Gasteiger charge is -2.31. The van der Waals surface area contributed by atoms with Gasteiger partial charge in [-0.05, 0) is 42.4 Å². The highest BCUT2D eigenvalue weighted by Crippen LogP contribution is 2.50. The number of hydrogen-bond acceptors (Lipinski definition) is 0. The molecule has 92 valence electrons. The topological polar surface area (TPSA) is 0 Å². The molecule has 0 nitrogen and oxygen atoms in total. The quantitative estimate of drug-likeness (QED) is 0.600. The van der Waals surface area contributed by atoms with E-state index >= 15 is 0 Å². The van der Waals surface area contributed by atoms with Crippen LogP contribution in [-0.4, -0.2) is 36.0 Å². The monoisotopic (exact) mass is 248 g/mol. The molecule has 0 spiro atoms. The van der Waals surface area contributed by atoms with Gasteiger partial charge in [-0.25, -0.2) is 0 Å². The molecule has 0 saturated heterocycles. The zero-order chi connectivity index (χ0) is 12.3. The summed E-state index contributed by atoms with van der Waals surface area (Å²) in [5.74, 6) is 0. The molecule has 2 heteroatoms. The molecule has 0 aromatic carbocycles. The Morgan fingerprint density at radius 1 is 0.667 bits per heavy atom. The summed E-state index contributed by atoms with van der Waals surface area (Å²) in [4.78, 5) is 0. The van der Waals surface area contributed by atoms with Gasteiger partial charge in [0.15, 0.2) is 0 Å². The van der Waals surface area contributed by atoms with Crippen LogP contribution in [0.2, 0.25) is 0 Å². The van der Waals surface area contributed by atoms with E-state index in [4.69, 9.17) is 0 Å². The van der Waals surface area contributed by atoms with Crippen LogP contribution in [-0.2, 0) is 0 Å². The molecule has 0 bridgehead atoms. The summed E-state index contributed by atoms with van der Waals surface area (Å²) in [5, 5.41) is 1.10. The summed E-state index contributed by atoms with van der Waals surface area (Å²) >= 11 is 0. The molecule has 0 saturated carbocycles. The van der Waals surface area contributed by atoms with Gasteiger partial charge in [0.25, 0.3) is 0 Å². The molecule has 2 atom stereocenters. The van der Waals surface area contributed by atoms with Crippen LogP contribution in [0.15, 0.2) is 0 Å². The maximum Gasteiger partial charge on any atom is -0.0182 e. The molecule has 0 rings (SSSR count). The average Bonchev–Trinajstić information content (AvgIpc) is 2.00.